The van der Waals surface area contributed by atoms with Crippen molar-refractivity contribution < 1.29 is 19.4 Å². The molecule has 0 radical (unpaired) electrons. The zero-order valence-corrected chi connectivity index (χ0v) is 12.0. The molecule has 110 valence electrons. The highest BCUT2D eigenvalue weighted by Crippen LogP contribution is 2.19. The van der Waals surface area contributed by atoms with Crippen molar-refractivity contribution in [3.05, 3.63) is 29.3 Å². The number of hydrogen-bond acceptors (Lipinski definition) is 3. The van der Waals surface area contributed by atoms with Gasteiger partial charge in [-0.3, -0.25) is 0 Å². The topological polar surface area (TPSA) is 78.9 Å². The van der Waals surface area contributed by atoms with Crippen molar-refractivity contribution in [1.29, 1.82) is 0 Å². The van der Waals surface area contributed by atoms with E-state index in [1.54, 1.807) is 39.3 Å². The van der Waals surface area contributed by atoms with Crippen molar-refractivity contribution in [1.82, 2.24) is 4.90 Å². The number of rotatable bonds is 6. The van der Waals surface area contributed by atoms with Gasteiger partial charge in [-0.1, -0.05) is 12.1 Å². The lowest BCUT2D eigenvalue weighted by Crippen LogP contribution is -2.33. The SMILES string of the molecule is COCCCN(C)C(=O)Nc1cccc(C)c1C(=O)O. The number of urea groups is 1. The first-order chi connectivity index (χ1) is 9.47. The van der Waals surface area contributed by atoms with Crippen molar-refractivity contribution in [3.8, 4) is 0 Å². The number of anilines is 1. The van der Waals surface area contributed by atoms with Gasteiger partial charge in [0.05, 0.1) is 11.3 Å². The van der Waals surface area contributed by atoms with E-state index in [0.717, 1.165) is 6.42 Å². The first-order valence-corrected chi connectivity index (χ1v) is 6.31. The Labute approximate surface area is 118 Å². The average molecular weight is 280 g/mol. The summed E-state index contributed by atoms with van der Waals surface area (Å²) in [5.74, 6) is -1.06. The summed E-state index contributed by atoms with van der Waals surface area (Å²) in [5.41, 5.74) is 1.03. The van der Waals surface area contributed by atoms with E-state index in [-0.39, 0.29) is 11.6 Å². The molecule has 1 rings (SSSR count). The number of carboxylic acids is 1. The van der Waals surface area contributed by atoms with E-state index in [0.29, 0.717) is 24.4 Å². The third-order valence-corrected chi connectivity index (χ3v) is 2.92. The van der Waals surface area contributed by atoms with Gasteiger partial charge in [-0.25, -0.2) is 9.59 Å². The van der Waals surface area contributed by atoms with Crippen molar-refractivity contribution in [2.75, 3.05) is 32.6 Å². The number of nitrogens with one attached hydrogen (secondary N) is 1. The Balaban J connectivity index is 2.75. The van der Waals surface area contributed by atoms with Crippen LogP contribution >= 0.6 is 0 Å². The van der Waals surface area contributed by atoms with E-state index in [2.05, 4.69) is 5.32 Å². The molecule has 0 aliphatic carbocycles. The number of aryl methyl sites for hydroxylation is 1. The van der Waals surface area contributed by atoms with Crippen molar-refractivity contribution in [2.24, 2.45) is 0 Å². The molecule has 0 bridgehead atoms. The lowest BCUT2D eigenvalue weighted by Gasteiger charge is -2.19. The normalized spacial score (nSPS) is 10.2. The van der Waals surface area contributed by atoms with Gasteiger partial charge in [0.2, 0.25) is 0 Å². The van der Waals surface area contributed by atoms with E-state index in [9.17, 15) is 14.7 Å². The summed E-state index contributed by atoms with van der Waals surface area (Å²) in [4.78, 5) is 24.7. The van der Waals surface area contributed by atoms with Crippen LogP contribution in [0.4, 0.5) is 10.5 Å². The Hall–Kier alpha value is -2.08. The van der Waals surface area contributed by atoms with Crippen molar-refractivity contribution in [3.63, 3.8) is 0 Å². The molecule has 0 saturated carbocycles. The Kier molecular flexibility index (Phi) is 5.99. The molecular weight excluding hydrogens is 260 g/mol. The van der Waals surface area contributed by atoms with E-state index in [4.69, 9.17) is 4.74 Å². The molecule has 0 spiro atoms. The maximum absolute atomic E-state index is 12.0. The fourth-order valence-electron chi connectivity index (χ4n) is 1.81. The first-order valence-electron chi connectivity index (χ1n) is 6.31. The second-order valence-electron chi connectivity index (χ2n) is 4.50. The number of aromatic carboxylic acids is 1. The number of nitrogens with zero attached hydrogens (tertiary/aromatic N) is 1. The first kappa shape index (κ1) is 16.0. The molecule has 20 heavy (non-hydrogen) atoms. The van der Waals surface area contributed by atoms with Crippen LogP contribution in [0, 0.1) is 6.92 Å². The molecule has 0 aliphatic rings. The quantitative estimate of drug-likeness (QED) is 0.783. The number of carbonyl (C=O) groups is 2. The van der Waals surface area contributed by atoms with Gasteiger partial charge in [-0.05, 0) is 25.0 Å². The number of carbonyl (C=O) groups excluding carboxylic acids is 1. The molecule has 6 nitrogen and oxygen atoms in total. The predicted molar refractivity (Wildman–Crippen MR) is 76.3 cm³/mol. The van der Waals surface area contributed by atoms with E-state index in [1.165, 1.54) is 4.90 Å². The standard InChI is InChI=1S/C14H20N2O4/c1-10-6-4-7-11(12(10)13(17)18)15-14(19)16(2)8-5-9-20-3/h4,6-7H,5,8-9H2,1-3H3,(H,15,19)(H,17,18). The molecule has 2 N–H and O–H groups in total. The molecule has 6 heteroatoms. The van der Waals surface area contributed by atoms with Crippen molar-refractivity contribution in [2.45, 2.75) is 13.3 Å². The molecule has 2 amide bonds. The van der Waals surface area contributed by atoms with Crippen LogP contribution in [0.15, 0.2) is 18.2 Å². The Morgan fingerprint density at radius 3 is 2.70 bits per heavy atom. The van der Waals surface area contributed by atoms with Gasteiger partial charge in [0.1, 0.15) is 0 Å². The summed E-state index contributed by atoms with van der Waals surface area (Å²) >= 11 is 0. The summed E-state index contributed by atoms with van der Waals surface area (Å²) in [7, 11) is 3.26. The zero-order valence-electron chi connectivity index (χ0n) is 12.0. The molecule has 0 unspecified atom stereocenters. The maximum Gasteiger partial charge on any atom is 0.338 e. The maximum atomic E-state index is 12.0. The minimum Gasteiger partial charge on any atom is -0.478 e. The number of benzene rings is 1. The smallest absolute Gasteiger partial charge is 0.338 e. The minimum atomic E-state index is -1.06. The second kappa shape index (κ2) is 7.49. The van der Waals surface area contributed by atoms with Gasteiger partial charge in [-0.15, -0.1) is 0 Å². The molecule has 0 saturated heterocycles. The van der Waals surface area contributed by atoms with E-state index >= 15 is 0 Å². The summed E-state index contributed by atoms with van der Waals surface area (Å²) in [5, 5.41) is 11.8. The van der Waals surface area contributed by atoms with Crippen LogP contribution in [0.1, 0.15) is 22.3 Å². The Morgan fingerprint density at radius 1 is 1.40 bits per heavy atom. The van der Waals surface area contributed by atoms with Gasteiger partial charge in [0.15, 0.2) is 0 Å². The van der Waals surface area contributed by atoms with E-state index < -0.39 is 5.97 Å². The van der Waals surface area contributed by atoms with Crippen LogP contribution in [0.3, 0.4) is 0 Å². The van der Waals surface area contributed by atoms with Crippen LogP contribution in [-0.4, -0.2) is 49.3 Å². The number of carboxylic acid groups (broad SMARTS) is 1. The predicted octanol–water partition coefficient (Wildman–Crippen LogP) is 2.19. The van der Waals surface area contributed by atoms with Gasteiger partial charge >= 0.3 is 12.0 Å². The molecule has 0 heterocycles. The van der Waals surface area contributed by atoms with Crippen LogP contribution in [0.25, 0.3) is 0 Å². The lowest BCUT2D eigenvalue weighted by molar-refractivity contribution is 0.0697. The van der Waals surface area contributed by atoms with Crippen LogP contribution < -0.4 is 5.32 Å². The molecule has 0 fully saturated rings. The number of methoxy groups -OCH3 is 1. The highest BCUT2D eigenvalue weighted by atomic mass is 16.5. The van der Waals surface area contributed by atoms with Gasteiger partial charge in [0.25, 0.3) is 0 Å². The Bertz CT molecular complexity index is 488. The third kappa shape index (κ3) is 4.24. The van der Waals surface area contributed by atoms with Gasteiger partial charge in [-0.2, -0.15) is 0 Å². The number of amides is 2. The summed E-state index contributed by atoms with van der Waals surface area (Å²) in [6.45, 7) is 2.80. The molecule has 1 aromatic carbocycles. The van der Waals surface area contributed by atoms with Crippen LogP contribution in [-0.2, 0) is 4.74 Å². The van der Waals surface area contributed by atoms with Crippen LogP contribution in [0.2, 0.25) is 0 Å². The fraction of sp³-hybridized carbons (Fsp3) is 0.429. The summed E-state index contributed by atoms with van der Waals surface area (Å²) in [6.07, 6.45) is 0.722. The third-order valence-electron chi connectivity index (χ3n) is 2.92. The lowest BCUT2D eigenvalue weighted by atomic mass is 10.1. The van der Waals surface area contributed by atoms with Gasteiger partial charge < -0.3 is 20.1 Å². The zero-order chi connectivity index (χ0) is 15.1. The summed E-state index contributed by atoms with van der Waals surface area (Å²) in [6, 6.07) is 4.65. The van der Waals surface area contributed by atoms with E-state index in [1.807, 2.05) is 0 Å². The number of ether oxygens (including phenoxy) is 1. The summed E-state index contributed by atoms with van der Waals surface area (Å²) < 4.78 is 4.92. The second-order valence-corrected chi connectivity index (χ2v) is 4.50. The minimum absolute atomic E-state index is 0.117. The average Bonchev–Trinajstić information content (AvgIpc) is 2.38. The van der Waals surface area contributed by atoms with Gasteiger partial charge in [0, 0.05) is 27.3 Å². The monoisotopic (exact) mass is 280 g/mol. The molecule has 0 aliphatic heterocycles. The highest BCUT2D eigenvalue weighted by molar-refractivity contribution is 6.01. The largest absolute Gasteiger partial charge is 0.478 e. The van der Waals surface area contributed by atoms with Crippen molar-refractivity contribution >= 4 is 17.7 Å². The number of hydrogen-bond donors (Lipinski definition) is 2. The molecule has 0 aromatic heterocycles. The Morgan fingerprint density at radius 2 is 2.10 bits per heavy atom. The van der Waals surface area contributed by atoms with Crippen LogP contribution in [0.5, 0.6) is 0 Å². The highest BCUT2D eigenvalue weighted by Gasteiger charge is 2.16. The molecular formula is C14H20N2O4. The fourth-order valence-corrected chi connectivity index (χ4v) is 1.81. The molecule has 1 aromatic rings. The molecule has 0 atom stereocenters.